The Labute approximate surface area is 268 Å². The lowest BCUT2D eigenvalue weighted by Gasteiger charge is -2.28. The van der Waals surface area contributed by atoms with Gasteiger partial charge >= 0.3 is 0 Å². The Morgan fingerprint density at radius 3 is 2.22 bits per heavy atom. The molecular formula is C35H40N6O5. The zero-order valence-electron chi connectivity index (χ0n) is 26.2. The van der Waals surface area contributed by atoms with Crippen LogP contribution in [-0.2, 0) is 16.0 Å². The Morgan fingerprint density at radius 1 is 0.826 bits per heavy atom. The van der Waals surface area contributed by atoms with E-state index in [1.165, 1.54) is 0 Å². The fourth-order valence-electron chi connectivity index (χ4n) is 4.79. The number of nitrogens with zero attached hydrogens (tertiary/aromatic N) is 1. The third-order valence-corrected chi connectivity index (χ3v) is 7.05. The normalized spacial score (nSPS) is 13.2. The van der Waals surface area contributed by atoms with E-state index < -0.39 is 47.8 Å². The molecule has 0 unspecified atom stereocenters. The van der Waals surface area contributed by atoms with Crippen LogP contribution in [0.3, 0.4) is 0 Å². The van der Waals surface area contributed by atoms with Crippen LogP contribution in [0, 0.1) is 0 Å². The molecule has 4 aromatic rings. The van der Waals surface area contributed by atoms with Crippen molar-refractivity contribution in [1.82, 2.24) is 20.9 Å². The van der Waals surface area contributed by atoms with E-state index >= 15 is 0 Å². The topological polar surface area (TPSA) is 179 Å². The monoisotopic (exact) mass is 624 g/mol. The van der Waals surface area contributed by atoms with Gasteiger partial charge in [0.05, 0.1) is 29.6 Å². The average Bonchev–Trinajstić information content (AvgIpc) is 3.02. The maximum absolute atomic E-state index is 13.6. The number of rotatable bonds is 13. The maximum Gasteiger partial charge on any atom is 0.270 e. The molecule has 4 rings (SSSR count). The van der Waals surface area contributed by atoms with E-state index in [1.807, 2.05) is 63.2 Å². The molecule has 0 spiro atoms. The highest BCUT2D eigenvalue weighted by molar-refractivity contribution is 5.99. The fourth-order valence-corrected chi connectivity index (χ4v) is 4.79. The first-order valence-electron chi connectivity index (χ1n) is 15.0. The van der Waals surface area contributed by atoms with Crippen molar-refractivity contribution in [1.29, 1.82) is 0 Å². The lowest BCUT2D eigenvalue weighted by Crippen LogP contribution is -2.57. The van der Waals surface area contributed by atoms with E-state index in [9.17, 15) is 19.2 Å². The Kier molecular flexibility index (Phi) is 11.1. The number of para-hydroxylation sites is 2. The van der Waals surface area contributed by atoms with Crippen LogP contribution >= 0.6 is 0 Å². The number of hydrogen-bond acceptors (Lipinski definition) is 7. The van der Waals surface area contributed by atoms with Gasteiger partial charge in [-0.1, -0.05) is 66.7 Å². The molecule has 0 radical (unpaired) electrons. The summed E-state index contributed by atoms with van der Waals surface area (Å²) in [6.45, 7) is 5.60. The van der Waals surface area contributed by atoms with Gasteiger partial charge in [0.25, 0.3) is 11.8 Å². The van der Waals surface area contributed by atoms with Crippen molar-refractivity contribution in [2.24, 2.45) is 11.5 Å². The maximum atomic E-state index is 13.6. The van der Waals surface area contributed by atoms with Crippen LogP contribution in [0.1, 0.15) is 53.6 Å². The summed E-state index contributed by atoms with van der Waals surface area (Å²) in [6.07, 6.45) is -0.113. The van der Waals surface area contributed by atoms with Gasteiger partial charge in [0.2, 0.25) is 11.8 Å². The second-order valence-corrected chi connectivity index (χ2v) is 12.1. The molecule has 3 aromatic carbocycles. The second-order valence-electron chi connectivity index (χ2n) is 12.1. The first-order valence-corrected chi connectivity index (χ1v) is 15.0. The summed E-state index contributed by atoms with van der Waals surface area (Å²) >= 11 is 0. The summed E-state index contributed by atoms with van der Waals surface area (Å²) in [5.41, 5.74) is 13.5. The van der Waals surface area contributed by atoms with Gasteiger partial charge in [-0.3, -0.25) is 19.2 Å². The molecule has 0 aliphatic heterocycles. The molecular weight excluding hydrogens is 584 g/mol. The third kappa shape index (κ3) is 9.60. The smallest absolute Gasteiger partial charge is 0.270 e. The predicted octanol–water partition coefficient (Wildman–Crippen LogP) is 2.87. The number of nitrogens with two attached hydrogens (primary N) is 2. The highest BCUT2D eigenvalue weighted by Crippen LogP contribution is 2.20. The van der Waals surface area contributed by atoms with Crippen LogP contribution in [0.25, 0.3) is 10.9 Å². The number of ether oxygens (including phenoxy) is 1. The zero-order valence-corrected chi connectivity index (χ0v) is 26.2. The quantitative estimate of drug-likeness (QED) is 0.152. The molecule has 3 atom stereocenters. The lowest BCUT2D eigenvalue weighted by atomic mass is 9.99. The molecule has 240 valence electrons. The number of nitrogens with one attached hydrogen (secondary N) is 3. The summed E-state index contributed by atoms with van der Waals surface area (Å²) in [6, 6.07) is 24.1. The summed E-state index contributed by atoms with van der Waals surface area (Å²) in [5, 5.41) is 9.27. The molecule has 0 bridgehead atoms. The van der Waals surface area contributed by atoms with Gasteiger partial charge in [-0.2, -0.15) is 0 Å². The van der Waals surface area contributed by atoms with Crippen LogP contribution in [0.15, 0.2) is 91.0 Å². The van der Waals surface area contributed by atoms with Gasteiger partial charge in [0, 0.05) is 10.9 Å². The summed E-state index contributed by atoms with van der Waals surface area (Å²) in [7, 11) is 0. The predicted molar refractivity (Wildman–Crippen MR) is 176 cm³/mol. The van der Waals surface area contributed by atoms with Crippen molar-refractivity contribution in [3.05, 3.63) is 108 Å². The summed E-state index contributed by atoms with van der Waals surface area (Å²) in [4.78, 5) is 56.0. The van der Waals surface area contributed by atoms with E-state index in [0.29, 0.717) is 23.3 Å². The molecule has 1 aromatic heterocycles. The molecule has 4 amide bonds. The van der Waals surface area contributed by atoms with Crippen molar-refractivity contribution in [3.63, 3.8) is 0 Å². The van der Waals surface area contributed by atoms with E-state index in [4.69, 9.17) is 16.2 Å². The van der Waals surface area contributed by atoms with Gasteiger partial charge in [-0.15, -0.1) is 0 Å². The van der Waals surface area contributed by atoms with Gasteiger partial charge in [0.15, 0.2) is 0 Å². The van der Waals surface area contributed by atoms with Crippen LogP contribution in [0.4, 0.5) is 0 Å². The second kappa shape index (κ2) is 15.1. The Balaban J connectivity index is 1.51. The van der Waals surface area contributed by atoms with Gasteiger partial charge in [-0.25, -0.2) is 4.98 Å². The number of fused-ring (bicyclic) bond motifs is 1. The Morgan fingerprint density at radius 2 is 1.50 bits per heavy atom. The first-order chi connectivity index (χ1) is 21.9. The van der Waals surface area contributed by atoms with Crippen LogP contribution in [0.5, 0.6) is 5.75 Å². The van der Waals surface area contributed by atoms with E-state index in [0.717, 1.165) is 10.9 Å². The Hall–Kier alpha value is -5.29. The zero-order chi connectivity index (χ0) is 33.3. The molecule has 0 aliphatic rings. The van der Waals surface area contributed by atoms with Crippen molar-refractivity contribution in [2.45, 2.75) is 57.3 Å². The minimum atomic E-state index is -1.29. The minimum Gasteiger partial charge on any atom is -0.491 e. The van der Waals surface area contributed by atoms with Crippen LogP contribution in [-0.4, -0.2) is 58.9 Å². The van der Waals surface area contributed by atoms with Gasteiger partial charge in [-0.05, 0) is 57.0 Å². The molecule has 0 aliphatic carbocycles. The van der Waals surface area contributed by atoms with E-state index in [2.05, 4.69) is 20.9 Å². The highest BCUT2D eigenvalue weighted by atomic mass is 16.5. The Bertz CT molecular complexity index is 1690. The molecule has 0 fully saturated rings. The van der Waals surface area contributed by atoms with Crippen LogP contribution < -0.4 is 32.2 Å². The van der Waals surface area contributed by atoms with Crippen molar-refractivity contribution >= 4 is 34.5 Å². The number of primary amides is 1. The molecule has 0 saturated heterocycles. The molecule has 11 heteroatoms. The third-order valence-electron chi connectivity index (χ3n) is 7.05. The molecule has 46 heavy (non-hydrogen) atoms. The first kappa shape index (κ1) is 33.6. The number of benzene rings is 3. The molecule has 11 nitrogen and oxygen atoms in total. The highest BCUT2D eigenvalue weighted by Gasteiger charge is 2.29. The average molecular weight is 625 g/mol. The number of amides is 4. The largest absolute Gasteiger partial charge is 0.491 e. The van der Waals surface area contributed by atoms with Crippen molar-refractivity contribution in [2.75, 3.05) is 6.61 Å². The van der Waals surface area contributed by atoms with Crippen molar-refractivity contribution < 1.29 is 23.9 Å². The lowest BCUT2D eigenvalue weighted by molar-refractivity contribution is -0.127. The van der Waals surface area contributed by atoms with Gasteiger partial charge < -0.3 is 32.2 Å². The molecule has 7 N–H and O–H groups in total. The minimum absolute atomic E-state index is 0.0502. The summed E-state index contributed by atoms with van der Waals surface area (Å²) < 4.78 is 6.03. The number of aromatic nitrogens is 1. The fraction of sp³-hybridized carbons (Fsp3) is 0.286. The number of hydrogen-bond donors (Lipinski definition) is 5. The van der Waals surface area contributed by atoms with E-state index in [1.54, 1.807) is 48.5 Å². The molecule has 1 heterocycles. The number of carbonyl (C=O) groups is 4. The van der Waals surface area contributed by atoms with Crippen LogP contribution in [0.2, 0.25) is 0 Å². The van der Waals surface area contributed by atoms with Crippen molar-refractivity contribution in [3.8, 4) is 5.75 Å². The SMILES string of the molecule is CC(C)(C)NC(=O)c1ccccc1OC[C@H](N)[C@H](Cc1ccccc1)NC(=O)[C@H](CC(N)=O)NC(=O)c1ccc2ccccc2n1. The van der Waals surface area contributed by atoms with Gasteiger partial charge in [0.1, 0.15) is 24.1 Å². The standard InChI is InChI=1S/C35H40N6O5/c1-35(2,3)41-32(43)24-14-8-10-16-30(24)46-21-25(36)28(19-22-11-5-4-6-12-22)39-34(45)29(20-31(37)42)40-33(44)27-18-17-23-13-7-9-15-26(23)38-27/h4-18,25,28-29H,19-21,36H2,1-3H3,(H2,37,42)(H,39,45)(H,40,44)(H,41,43)/t25-,28-,29-/m0/s1. The number of carbonyl (C=O) groups excluding carboxylic acids is 4. The molecule has 0 saturated carbocycles. The summed E-state index contributed by atoms with van der Waals surface area (Å²) in [5.74, 6) is -2.01. The van der Waals surface area contributed by atoms with E-state index in [-0.39, 0.29) is 18.2 Å². The number of pyridine rings is 1.